The van der Waals surface area contributed by atoms with E-state index in [0.29, 0.717) is 12.8 Å². The summed E-state index contributed by atoms with van der Waals surface area (Å²) >= 11 is 5.68. The first-order valence-electron chi connectivity index (χ1n) is 9.18. The van der Waals surface area contributed by atoms with Gasteiger partial charge in [0, 0.05) is 17.5 Å². The van der Waals surface area contributed by atoms with Crippen molar-refractivity contribution in [1.29, 1.82) is 0 Å². The first-order chi connectivity index (χ1) is 13.2. The van der Waals surface area contributed by atoms with Gasteiger partial charge in [0.1, 0.15) is 0 Å². The summed E-state index contributed by atoms with van der Waals surface area (Å²) in [5.41, 5.74) is 1.25. The number of anilines is 1. The smallest absolute Gasteiger partial charge is 0.325 e. The third-order valence-corrected chi connectivity index (χ3v) is 5.27. The van der Waals surface area contributed by atoms with Crippen LogP contribution in [0.15, 0.2) is 42.5 Å². The van der Waals surface area contributed by atoms with E-state index in [9.17, 15) is 18.0 Å². The third-order valence-electron chi connectivity index (χ3n) is 5.03. The quantitative estimate of drug-likeness (QED) is 0.720. The number of carbonyl (C=O) groups excluding carboxylic acids is 1. The molecule has 0 radical (unpaired) electrons. The SMILES string of the molecule is Cc1ccc(CN2CCC(C(=O)Nc3ccc(Cl)cc3C(F)(F)F)CC2)cc1. The number of nitrogens with zero attached hydrogens (tertiary/aromatic N) is 1. The normalized spacial score (nSPS) is 16.2. The number of benzene rings is 2. The van der Waals surface area contributed by atoms with Gasteiger partial charge in [-0.05, 0) is 56.6 Å². The van der Waals surface area contributed by atoms with Crippen molar-refractivity contribution in [3.63, 3.8) is 0 Å². The fraction of sp³-hybridized carbons (Fsp3) is 0.381. The highest BCUT2D eigenvalue weighted by Crippen LogP contribution is 2.37. The van der Waals surface area contributed by atoms with Crippen LogP contribution in [-0.2, 0) is 17.5 Å². The van der Waals surface area contributed by atoms with Gasteiger partial charge in [-0.3, -0.25) is 9.69 Å². The lowest BCUT2D eigenvalue weighted by Gasteiger charge is -2.31. The molecule has 0 aromatic heterocycles. The number of alkyl halides is 3. The van der Waals surface area contributed by atoms with Gasteiger partial charge in [0.05, 0.1) is 11.3 Å². The first-order valence-corrected chi connectivity index (χ1v) is 9.55. The summed E-state index contributed by atoms with van der Waals surface area (Å²) in [5, 5.41) is 2.43. The molecule has 1 N–H and O–H groups in total. The highest BCUT2D eigenvalue weighted by Gasteiger charge is 2.35. The Kier molecular flexibility index (Phi) is 6.30. The van der Waals surface area contributed by atoms with Gasteiger partial charge in [0.2, 0.25) is 5.91 Å². The summed E-state index contributed by atoms with van der Waals surface area (Å²) < 4.78 is 39.6. The zero-order chi connectivity index (χ0) is 20.3. The van der Waals surface area contributed by atoms with E-state index in [-0.39, 0.29) is 22.5 Å². The molecule has 150 valence electrons. The molecule has 0 saturated carbocycles. The molecular weight excluding hydrogens is 389 g/mol. The average Bonchev–Trinajstić information content (AvgIpc) is 2.65. The molecule has 1 fully saturated rings. The van der Waals surface area contributed by atoms with Gasteiger partial charge in [-0.25, -0.2) is 0 Å². The van der Waals surface area contributed by atoms with E-state index >= 15 is 0 Å². The summed E-state index contributed by atoms with van der Waals surface area (Å²) in [6, 6.07) is 11.7. The van der Waals surface area contributed by atoms with E-state index in [1.54, 1.807) is 0 Å². The van der Waals surface area contributed by atoms with Gasteiger partial charge in [0.15, 0.2) is 0 Å². The Balaban J connectivity index is 1.58. The molecule has 1 aliphatic heterocycles. The second kappa shape index (κ2) is 8.53. The Morgan fingerprint density at radius 1 is 1.14 bits per heavy atom. The zero-order valence-corrected chi connectivity index (χ0v) is 16.3. The number of likely N-dealkylation sites (tertiary alicyclic amines) is 1. The van der Waals surface area contributed by atoms with Crippen LogP contribution in [0.3, 0.4) is 0 Å². The van der Waals surface area contributed by atoms with E-state index in [4.69, 9.17) is 11.6 Å². The zero-order valence-electron chi connectivity index (χ0n) is 15.5. The van der Waals surface area contributed by atoms with Crippen molar-refractivity contribution in [3.05, 3.63) is 64.2 Å². The van der Waals surface area contributed by atoms with E-state index in [2.05, 4.69) is 34.5 Å². The second-order valence-corrected chi connectivity index (χ2v) is 7.65. The van der Waals surface area contributed by atoms with Crippen LogP contribution in [0.5, 0.6) is 0 Å². The molecule has 7 heteroatoms. The van der Waals surface area contributed by atoms with Crippen LogP contribution >= 0.6 is 11.6 Å². The summed E-state index contributed by atoms with van der Waals surface area (Å²) in [4.78, 5) is 14.8. The van der Waals surface area contributed by atoms with Crippen molar-refractivity contribution in [2.24, 2.45) is 5.92 Å². The lowest BCUT2D eigenvalue weighted by molar-refractivity contribution is -0.137. The molecule has 0 aliphatic carbocycles. The fourth-order valence-electron chi connectivity index (χ4n) is 3.40. The van der Waals surface area contributed by atoms with Crippen molar-refractivity contribution < 1.29 is 18.0 Å². The number of carbonyl (C=O) groups is 1. The molecule has 1 saturated heterocycles. The monoisotopic (exact) mass is 410 g/mol. The van der Waals surface area contributed by atoms with Crippen molar-refractivity contribution in [2.45, 2.75) is 32.5 Å². The Labute approximate surface area is 167 Å². The molecule has 1 aliphatic rings. The number of hydrogen-bond acceptors (Lipinski definition) is 2. The molecule has 3 rings (SSSR count). The van der Waals surface area contributed by atoms with Crippen molar-refractivity contribution in [1.82, 2.24) is 4.90 Å². The van der Waals surface area contributed by atoms with E-state index in [0.717, 1.165) is 25.7 Å². The molecule has 2 aromatic rings. The Morgan fingerprint density at radius 2 is 1.79 bits per heavy atom. The van der Waals surface area contributed by atoms with Crippen molar-refractivity contribution in [2.75, 3.05) is 18.4 Å². The maximum atomic E-state index is 13.2. The third kappa shape index (κ3) is 5.26. The summed E-state index contributed by atoms with van der Waals surface area (Å²) in [5.74, 6) is -0.672. The molecule has 0 atom stereocenters. The number of hydrogen-bond donors (Lipinski definition) is 1. The maximum absolute atomic E-state index is 13.2. The lowest BCUT2D eigenvalue weighted by Crippen LogP contribution is -2.38. The molecule has 3 nitrogen and oxygen atoms in total. The minimum absolute atomic E-state index is 0.0188. The Bertz CT molecular complexity index is 829. The molecule has 0 unspecified atom stereocenters. The fourth-order valence-corrected chi connectivity index (χ4v) is 3.57. The van der Waals surface area contributed by atoms with Gasteiger partial charge in [0.25, 0.3) is 0 Å². The predicted molar refractivity (Wildman–Crippen MR) is 104 cm³/mol. The number of halogens is 4. The van der Waals surface area contributed by atoms with E-state index in [1.807, 2.05) is 6.92 Å². The van der Waals surface area contributed by atoms with Gasteiger partial charge in [-0.2, -0.15) is 13.2 Å². The summed E-state index contributed by atoms with van der Waals surface area (Å²) in [6.07, 6.45) is -3.34. The highest BCUT2D eigenvalue weighted by atomic mass is 35.5. The average molecular weight is 411 g/mol. The van der Waals surface area contributed by atoms with Crippen molar-refractivity contribution >= 4 is 23.2 Å². The largest absolute Gasteiger partial charge is 0.418 e. The van der Waals surface area contributed by atoms with Gasteiger partial charge >= 0.3 is 6.18 Å². The number of rotatable bonds is 4. The van der Waals surface area contributed by atoms with Gasteiger partial charge < -0.3 is 5.32 Å². The molecule has 1 amide bonds. The molecule has 1 heterocycles. The number of piperidine rings is 1. The lowest BCUT2D eigenvalue weighted by atomic mass is 9.95. The van der Waals surface area contributed by atoms with Crippen LogP contribution in [0.2, 0.25) is 5.02 Å². The highest BCUT2D eigenvalue weighted by molar-refractivity contribution is 6.30. The van der Waals surface area contributed by atoms with E-state index < -0.39 is 11.7 Å². The van der Waals surface area contributed by atoms with Crippen LogP contribution in [-0.4, -0.2) is 23.9 Å². The maximum Gasteiger partial charge on any atom is 0.418 e. The molecule has 28 heavy (non-hydrogen) atoms. The predicted octanol–water partition coefficient (Wildman–Crippen LogP) is 5.52. The topological polar surface area (TPSA) is 32.3 Å². The molecule has 0 spiro atoms. The second-order valence-electron chi connectivity index (χ2n) is 7.21. The van der Waals surface area contributed by atoms with Crippen LogP contribution in [0.25, 0.3) is 0 Å². The summed E-state index contributed by atoms with van der Waals surface area (Å²) in [7, 11) is 0. The van der Waals surface area contributed by atoms with Crippen molar-refractivity contribution in [3.8, 4) is 0 Å². The number of nitrogens with one attached hydrogen (secondary N) is 1. The first kappa shape index (κ1) is 20.7. The number of amides is 1. The van der Waals surface area contributed by atoms with Gasteiger partial charge in [-0.15, -0.1) is 0 Å². The minimum Gasteiger partial charge on any atom is -0.325 e. The van der Waals surface area contributed by atoms with Crippen LogP contribution in [0.1, 0.15) is 29.5 Å². The Hall–Kier alpha value is -2.05. The number of aryl methyl sites for hydroxylation is 1. The standard InChI is InChI=1S/C21H22ClF3N2O/c1-14-2-4-15(5-3-14)13-27-10-8-16(9-11-27)20(28)26-19-7-6-17(22)12-18(19)21(23,24)25/h2-7,12,16H,8-11,13H2,1H3,(H,26,28). The summed E-state index contributed by atoms with van der Waals surface area (Å²) in [6.45, 7) is 4.32. The minimum atomic E-state index is -4.58. The van der Waals surface area contributed by atoms with Crippen LogP contribution in [0, 0.1) is 12.8 Å². The Morgan fingerprint density at radius 3 is 2.39 bits per heavy atom. The molecular formula is C21H22ClF3N2O. The van der Waals surface area contributed by atoms with Crippen LogP contribution in [0.4, 0.5) is 18.9 Å². The van der Waals surface area contributed by atoms with Gasteiger partial charge in [-0.1, -0.05) is 41.4 Å². The van der Waals surface area contributed by atoms with E-state index in [1.165, 1.54) is 23.3 Å². The molecule has 2 aromatic carbocycles. The molecule has 0 bridgehead atoms. The van der Waals surface area contributed by atoms with Crippen LogP contribution < -0.4 is 5.32 Å².